The van der Waals surface area contributed by atoms with Crippen LogP contribution in [0.2, 0.25) is 5.02 Å². The van der Waals surface area contributed by atoms with Crippen LogP contribution in [0.1, 0.15) is 31.8 Å². The van der Waals surface area contributed by atoms with Crippen LogP contribution in [0.25, 0.3) is 17.0 Å². The van der Waals surface area contributed by atoms with E-state index in [1.165, 1.54) is 31.4 Å². The van der Waals surface area contributed by atoms with Gasteiger partial charge in [0.05, 0.1) is 17.7 Å². The second-order valence-corrected chi connectivity index (χ2v) is 8.05. The molecule has 0 bridgehead atoms. The van der Waals surface area contributed by atoms with E-state index in [0.29, 0.717) is 17.7 Å². The fourth-order valence-corrected chi connectivity index (χ4v) is 3.85. The SMILES string of the molecule is COC(=O)C(=Cc1ccccc1)NC(=O)c1ccc(C(=O)NCc2cccc3[nH]ccc23)cc1Cl. The number of halogens is 1. The van der Waals surface area contributed by atoms with Crippen LogP contribution >= 0.6 is 11.6 Å². The Morgan fingerprint density at radius 3 is 2.51 bits per heavy atom. The largest absolute Gasteiger partial charge is 0.464 e. The van der Waals surface area contributed by atoms with Crippen molar-refractivity contribution in [3.8, 4) is 0 Å². The molecule has 0 aliphatic heterocycles. The zero-order valence-electron chi connectivity index (χ0n) is 18.8. The average Bonchev–Trinajstić information content (AvgIpc) is 3.36. The molecule has 176 valence electrons. The molecular weight excluding hydrogens is 466 g/mol. The summed E-state index contributed by atoms with van der Waals surface area (Å²) >= 11 is 6.33. The number of methoxy groups -OCH3 is 1. The Balaban J connectivity index is 1.47. The Hall–Kier alpha value is -4.36. The third-order valence-electron chi connectivity index (χ3n) is 5.36. The molecule has 0 fully saturated rings. The Labute approximate surface area is 206 Å². The number of aromatic amines is 1. The van der Waals surface area contributed by atoms with Crippen LogP contribution in [-0.4, -0.2) is 29.9 Å². The van der Waals surface area contributed by atoms with Gasteiger partial charge in [0.25, 0.3) is 11.8 Å². The number of amides is 2. The predicted octanol–water partition coefficient (Wildman–Crippen LogP) is 4.70. The van der Waals surface area contributed by atoms with E-state index in [4.69, 9.17) is 16.3 Å². The van der Waals surface area contributed by atoms with Gasteiger partial charge in [0.15, 0.2) is 0 Å². The van der Waals surface area contributed by atoms with Crippen LogP contribution in [0.4, 0.5) is 0 Å². The van der Waals surface area contributed by atoms with Gasteiger partial charge in [0.2, 0.25) is 0 Å². The fraction of sp³-hybridized carbons (Fsp3) is 0.0741. The fourth-order valence-electron chi connectivity index (χ4n) is 3.58. The lowest BCUT2D eigenvalue weighted by Crippen LogP contribution is -2.28. The third-order valence-corrected chi connectivity index (χ3v) is 5.68. The highest BCUT2D eigenvalue weighted by atomic mass is 35.5. The molecule has 0 unspecified atom stereocenters. The van der Waals surface area contributed by atoms with Crippen molar-refractivity contribution < 1.29 is 19.1 Å². The van der Waals surface area contributed by atoms with Crippen molar-refractivity contribution in [3.05, 3.63) is 112 Å². The lowest BCUT2D eigenvalue weighted by molar-refractivity contribution is -0.136. The van der Waals surface area contributed by atoms with Crippen LogP contribution in [0, 0.1) is 0 Å². The summed E-state index contributed by atoms with van der Waals surface area (Å²) in [6.45, 7) is 0.334. The van der Waals surface area contributed by atoms with Gasteiger partial charge in [-0.25, -0.2) is 4.79 Å². The molecule has 1 heterocycles. The van der Waals surface area contributed by atoms with Gasteiger partial charge in [-0.05, 0) is 47.5 Å². The number of H-pyrrole nitrogens is 1. The van der Waals surface area contributed by atoms with Crippen molar-refractivity contribution in [2.75, 3.05) is 7.11 Å². The molecule has 4 aromatic rings. The molecule has 3 aromatic carbocycles. The Morgan fingerprint density at radius 2 is 1.77 bits per heavy atom. The van der Waals surface area contributed by atoms with Crippen molar-refractivity contribution in [1.82, 2.24) is 15.6 Å². The number of esters is 1. The highest BCUT2D eigenvalue weighted by Gasteiger charge is 2.18. The highest BCUT2D eigenvalue weighted by molar-refractivity contribution is 6.34. The van der Waals surface area contributed by atoms with Gasteiger partial charge in [0, 0.05) is 29.2 Å². The summed E-state index contributed by atoms with van der Waals surface area (Å²) in [4.78, 5) is 40.8. The molecular formula is C27H22ClN3O4. The molecule has 0 saturated heterocycles. The maximum Gasteiger partial charge on any atom is 0.354 e. The molecule has 0 aliphatic rings. The molecule has 2 amide bonds. The van der Waals surface area contributed by atoms with E-state index in [1.54, 1.807) is 12.1 Å². The van der Waals surface area contributed by atoms with E-state index in [9.17, 15) is 14.4 Å². The maximum atomic E-state index is 12.8. The van der Waals surface area contributed by atoms with Crippen LogP contribution in [0.3, 0.4) is 0 Å². The summed E-state index contributed by atoms with van der Waals surface area (Å²) in [6.07, 6.45) is 3.35. The summed E-state index contributed by atoms with van der Waals surface area (Å²) in [5.74, 6) is -1.63. The van der Waals surface area contributed by atoms with Crippen LogP contribution < -0.4 is 10.6 Å². The van der Waals surface area contributed by atoms with E-state index in [1.807, 2.05) is 48.7 Å². The molecule has 0 radical (unpaired) electrons. The summed E-state index contributed by atoms with van der Waals surface area (Å²) < 4.78 is 4.78. The van der Waals surface area contributed by atoms with Crippen LogP contribution in [-0.2, 0) is 16.1 Å². The van der Waals surface area contributed by atoms with E-state index < -0.39 is 11.9 Å². The first-order valence-electron chi connectivity index (χ1n) is 10.8. The van der Waals surface area contributed by atoms with E-state index in [2.05, 4.69) is 15.6 Å². The van der Waals surface area contributed by atoms with Crippen molar-refractivity contribution >= 4 is 46.4 Å². The molecule has 0 saturated carbocycles. The summed E-state index contributed by atoms with van der Waals surface area (Å²) in [7, 11) is 1.23. The zero-order chi connectivity index (χ0) is 24.8. The quantitative estimate of drug-likeness (QED) is 0.260. The number of hydrogen-bond donors (Lipinski definition) is 3. The average molecular weight is 488 g/mol. The Bertz CT molecular complexity index is 1430. The summed E-state index contributed by atoms with van der Waals surface area (Å²) in [5, 5.41) is 6.52. The molecule has 1 aromatic heterocycles. The lowest BCUT2D eigenvalue weighted by atomic mass is 10.1. The second-order valence-electron chi connectivity index (χ2n) is 7.65. The number of carbonyl (C=O) groups excluding carboxylic acids is 3. The zero-order valence-corrected chi connectivity index (χ0v) is 19.6. The monoisotopic (exact) mass is 487 g/mol. The maximum absolute atomic E-state index is 12.8. The van der Waals surface area contributed by atoms with Crippen molar-refractivity contribution in [2.24, 2.45) is 0 Å². The number of rotatable bonds is 7. The first-order valence-corrected chi connectivity index (χ1v) is 11.1. The number of carbonyl (C=O) groups is 3. The molecule has 0 aliphatic carbocycles. The Kier molecular flexibility index (Phi) is 7.28. The first-order chi connectivity index (χ1) is 17.0. The number of ether oxygens (including phenoxy) is 1. The standard InChI is InChI=1S/C27H22ClN3O4/c1-35-27(34)24(14-17-6-3-2-4-7-17)31-26(33)21-11-10-18(15-22(21)28)25(32)30-16-19-8-5-9-23-20(19)12-13-29-23/h2-15,29H,16H2,1H3,(H,30,32)(H,31,33). The van der Waals surface area contributed by atoms with E-state index in [-0.39, 0.29) is 22.2 Å². The van der Waals surface area contributed by atoms with Gasteiger partial charge in [-0.2, -0.15) is 0 Å². The molecule has 7 nitrogen and oxygen atoms in total. The van der Waals surface area contributed by atoms with Gasteiger partial charge in [-0.15, -0.1) is 0 Å². The van der Waals surface area contributed by atoms with Crippen molar-refractivity contribution in [3.63, 3.8) is 0 Å². The van der Waals surface area contributed by atoms with Gasteiger partial charge in [-0.3, -0.25) is 9.59 Å². The third kappa shape index (κ3) is 5.59. The van der Waals surface area contributed by atoms with Gasteiger partial charge < -0.3 is 20.4 Å². The molecule has 4 rings (SSSR count). The minimum Gasteiger partial charge on any atom is -0.464 e. The van der Waals surface area contributed by atoms with Crippen molar-refractivity contribution in [1.29, 1.82) is 0 Å². The van der Waals surface area contributed by atoms with Gasteiger partial charge >= 0.3 is 5.97 Å². The molecule has 0 atom stereocenters. The number of fused-ring (bicyclic) bond motifs is 1. The van der Waals surface area contributed by atoms with Crippen LogP contribution in [0.5, 0.6) is 0 Å². The lowest BCUT2D eigenvalue weighted by Gasteiger charge is -2.11. The highest BCUT2D eigenvalue weighted by Crippen LogP contribution is 2.20. The number of nitrogens with one attached hydrogen (secondary N) is 3. The van der Waals surface area contributed by atoms with Gasteiger partial charge in [0.1, 0.15) is 5.70 Å². The first kappa shape index (κ1) is 23.8. The van der Waals surface area contributed by atoms with E-state index >= 15 is 0 Å². The topological polar surface area (TPSA) is 100 Å². The number of aromatic nitrogens is 1. The molecule has 35 heavy (non-hydrogen) atoms. The summed E-state index contributed by atoms with van der Waals surface area (Å²) in [6, 6.07) is 21.2. The summed E-state index contributed by atoms with van der Waals surface area (Å²) in [5.41, 5.74) is 3.05. The predicted molar refractivity (Wildman–Crippen MR) is 135 cm³/mol. The smallest absolute Gasteiger partial charge is 0.354 e. The molecule has 3 N–H and O–H groups in total. The normalized spacial score (nSPS) is 11.2. The van der Waals surface area contributed by atoms with E-state index in [0.717, 1.165) is 16.5 Å². The Morgan fingerprint density at radius 1 is 0.971 bits per heavy atom. The number of hydrogen-bond acceptors (Lipinski definition) is 4. The minimum atomic E-state index is -0.702. The van der Waals surface area contributed by atoms with Crippen molar-refractivity contribution in [2.45, 2.75) is 6.54 Å². The minimum absolute atomic E-state index is 0.0412. The second kappa shape index (κ2) is 10.7. The van der Waals surface area contributed by atoms with Crippen LogP contribution in [0.15, 0.2) is 84.7 Å². The molecule has 8 heteroatoms. The number of benzene rings is 3. The van der Waals surface area contributed by atoms with Gasteiger partial charge in [-0.1, -0.05) is 54.1 Å². The molecule has 0 spiro atoms.